The summed E-state index contributed by atoms with van der Waals surface area (Å²) in [6, 6.07) is 3.87. The molecule has 0 aliphatic carbocycles. The normalized spacial score (nSPS) is 10.9. The van der Waals surface area contributed by atoms with Crippen LogP contribution in [0, 0.1) is 0 Å². The van der Waals surface area contributed by atoms with Crippen LogP contribution in [0.2, 0.25) is 0 Å². The minimum Gasteiger partial charge on any atom is -0.307 e. The van der Waals surface area contributed by atoms with Crippen molar-refractivity contribution in [2.75, 3.05) is 0 Å². The van der Waals surface area contributed by atoms with Crippen LogP contribution >= 0.6 is 0 Å². The van der Waals surface area contributed by atoms with Gasteiger partial charge in [-0.25, -0.2) is 4.98 Å². The Morgan fingerprint density at radius 1 is 1.00 bits per heavy atom. The Morgan fingerprint density at radius 2 is 1.86 bits per heavy atom. The van der Waals surface area contributed by atoms with Gasteiger partial charge in [-0.3, -0.25) is 0 Å². The average Bonchev–Trinajstić information content (AvgIpc) is 2.88. The molecular weight excluding hydrogens is 178 g/mol. The summed E-state index contributed by atoms with van der Waals surface area (Å²) in [5.41, 5.74) is 1.80. The van der Waals surface area contributed by atoms with Crippen LogP contribution in [-0.2, 0) is 0 Å². The number of imidazole rings is 1. The second-order valence-electron chi connectivity index (χ2n) is 2.90. The van der Waals surface area contributed by atoms with Crippen LogP contribution in [0.5, 0.6) is 0 Å². The lowest BCUT2D eigenvalue weighted by Crippen LogP contribution is -1.99. The summed E-state index contributed by atoms with van der Waals surface area (Å²) in [6.45, 7) is 0. The van der Waals surface area contributed by atoms with Crippen molar-refractivity contribution in [3.05, 3.63) is 43.1 Å². The molecule has 0 fully saturated rings. The molecule has 3 heterocycles. The molecule has 0 unspecified atom stereocenters. The van der Waals surface area contributed by atoms with Gasteiger partial charge in [0, 0.05) is 24.7 Å². The van der Waals surface area contributed by atoms with E-state index in [0.717, 1.165) is 11.3 Å². The maximum atomic E-state index is 4.18. The van der Waals surface area contributed by atoms with Gasteiger partial charge in [0.05, 0.1) is 18.1 Å². The lowest BCUT2D eigenvalue weighted by molar-refractivity contribution is 0.751. The molecule has 0 atom stereocenters. The molecule has 0 bridgehead atoms. The van der Waals surface area contributed by atoms with Gasteiger partial charge in [-0.2, -0.15) is 15.0 Å². The van der Waals surface area contributed by atoms with E-state index < -0.39 is 0 Å². The van der Waals surface area contributed by atoms with Crippen LogP contribution < -0.4 is 0 Å². The number of rotatable bonds is 1. The van der Waals surface area contributed by atoms with Crippen LogP contribution in [0.1, 0.15) is 0 Å². The first-order valence-corrected chi connectivity index (χ1v) is 4.23. The number of pyridine rings is 1. The number of nitrogens with zero attached hydrogens (tertiary/aromatic N) is 5. The molecule has 0 saturated heterocycles. The molecule has 68 valence electrons. The van der Waals surface area contributed by atoms with Crippen molar-refractivity contribution in [1.29, 1.82) is 0 Å². The van der Waals surface area contributed by atoms with Gasteiger partial charge < -0.3 is 4.40 Å². The fraction of sp³-hybridized carbons (Fsp3) is 0. The highest BCUT2D eigenvalue weighted by Gasteiger charge is 1.99. The molecule has 0 saturated carbocycles. The number of hydrogen-bond donors (Lipinski definition) is 0. The maximum absolute atomic E-state index is 4.18. The molecule has 5 nitrogen and oxygen atoms in total. The first kappa shape index (κ1) is 7.25. The molecule has 0 aromatic carbocycles. The van der Waals surface area contributed by atoms with Crippen molar-refractivity contribution in [1.82, 2.24) is 24.4 Å². The van der Waals surface area contributed by atoms with E-state index in [1.807, 2.05) is 28.9 Å². The van der Waals surface area contributed by atoms with E-state index in [-0.39, 0.29) is 0 Å². The van der Waals surface area contributed by atoms with E-state index in [1.54, 1.807) is 23.4 Å². The van der Waals surface area contributed by atoms with E-state index in [9.17, 15) is 0 Å². The van der Waals surface area contributed by atoms with Crippen LogP contribution in [0.4, 0.5) is 0 Å². The summed E-state index contributed by atoms with van der Waals surface area (Å²) < 4.78 is 1.94. The SMILES string of the molecule is c1cn2ccc(-n3nccn3)cc2n1. The zero-order valence-electron chi connectivity index (χ0n) is 7.28. The largest absolute Gasteiger partial charge is 0.307 e. The second-order valence-corrected chi connectivity index (χ2v) is 2.90. The van der Waals surface area contributed by atoms with Gasteiger partial charge in [-0.15, -0.1) is 0 Å². The molecule has 0 amide bonds. The van der Waals surface area contributed by atoms with Gasteiger partial charge >= 0.3 is 0 Å². The van der Waals surface area contributed by atoms with Crippen LogP contribution in [-0.4, -0.2) is 24.4 Å². The van der Waals surface area contributed by atoms with Gasteiger partial charge in [0.1, 0.15) is 5.65 Å². The van der Waals surface area contributed by atoms with Crippen molar-refractivity contribution in [3.63, 3.8) is 0 Å². The minimum atomic E-state index is 0.889. The Labute approximate surface area is 79.6 Å². The van der Waals surface area contributed by atoms with Crippen molar-refractivity contribution in [3.8, 4) is 5.69 Å². The van der Waals surface area contributed by atoms with E-state index in [2.05, 4.69) is 15.2 Å². The van der Waals surface area contributed by atoms with E-state index >= 15 is 0 Å². The smallest absolute Gasteiger partial charge is 0.138 e. The lowest BCUT2D eigenvalue weighted by Gasteiger charge is -1.99. The van der Waals surface area contributed by atoms with Crippen molar-refractivity contribution >= 4 is 5.65 Å². The third kappa shape index (κ3) is 0.990. The lowest BCUT2D eigenvalue weighted by atomic mass is 10.4. The van der Waals surface area contributed by atoms with E-state index in [4.69, 9.17) is 0 Å². The third-order valence-electron chi connectivity index (χ3n) is 2.03. The van der Waals surface area contributed by atoms with Crippen molar-refractivity contribution in [2.45, 2.75) is 0 Å². The molecule has 3 aromatic rings. The molecule has 0 aliphatic rings. The second kappa shape index (κ2) is 2.66. The quantitative estimate of drug-likeness (QED) is 0.566. The van der Waals surface area contributed by atoms with Gasteiger partial charge in [-0.1, -0.05) is 0 Å². The number of hydrogen-bond acceptors (Lipinski definition) is 3. The summed E-state index contributed by atoms with van der Waals surface area (Å²) in [4.78, 5) is 5.75. The summed E-state index contributed by atoms with van der Waals surface area (Å²) in [5.74, 6) is 0. The van der Waals surface area contributed by atoms with Gasteiger partial charge in [0.15, 0.2) is 0 Å². The average molecular weight is 185 g/mol. The van der Waals surface area contributed by atoms with Gasteiger partial charge in [0.2, 0.25) is 0 Å². The molecule has 3 rings (SSSR count). The number of aromatic nitrogens is 5. The molecule has 5 heteroatoms. The first-order valence-electron chi connectivity index (χ1n) is 4.23. The highest BCUT2D eigenvalue weighted by molar-refractivity contribution is 5.46. The number of fused-ring (bicyclic) bond motifs is 1. The zero-order valence-corrected chi connectivity index (χ0v) is 7.28. The predicted octanol–water partition coefficient (Wildman–Crippen LogP) is 0.915. The van der Waals surface area contributed by atoms with Crippen LogP contribution in [0.15, 0.2) is 43.1 Å². The summed E-state index contributed by atoms with van der Waals surface area (Å²) in [6.07, 6.45) is 8.89. The summed E-state index contributed by atoms with van der Waals surface area (Å²) in [5, 5.41) is 8.09. The molecule has 0 N–H and O–H groups in total. The van der Waals surface area contributed by atoms with Crippen molar-refractivity contribution in [2.24, 2.45) is 0 Å². The Morgan fingerprint density at radius 3 is 2.71 bits per heavy atom. The van der Waals surface area contributed by atoms with Crippen LogP contribution in [0.25, 0.3) is 11.3 Å². The highest BCUT2D eigenvalue weighted by Crippen LogP contribution is 2.07. The Hall–Kier alpha value is -2.17. The molecule has 0 radical (unpaired) electrons. The van der Waals surface area contributed by atoms with Gasteiger partial charge in [0.25, 0.3) is 0 Å². The topological polar surface area (TPSA) is 48.0 Å². The molecule has 0 aliphatic heterocycles. The fourth-order valence-electron chi connectivity index (χ4n) is 1.37. The highest BCUT2D eigenvalue weighted by atomic mass is 15.5. The fourth-order valence-corrected chi connectivity index (χ4v) is 1.37. The standard InChI is InChI=1S/C9H7N5/c1-5-13-6-4-10-9(13)7-8(1)14-11-2-3-12-14/h1-7H. The zero-order chi connectivity index (χ0) is 9.38. The maximum Gasteiger partial charge on any atom is 0.138 e. The van der Waals surface area contributed by atoms with Crippen molar-refractivity contribution < 1.29 is 0 Å². The summed E-state index contributed by atoms with van der Waals surface area (Å²) in [7, 11) is 0. The minimum absolute atomic E-state index is 0.889. The molecular formula is C9H7N5. The predicted molar refractivity (Wildman–Crippen MR) is 50.1 cm³/mol. The van der Waals surface area contributed by atoms with E-state index in [0.29, 0.717) is 0 Å². The monoisotopic (exact) mass is 185 g/mol. The van der Waals surface area contributed by atoms with E-state index in [1.165, 1.54) is 0 Å². The molecule has 14 heavy (non-hydrogen) atoms. The Balaban J connectivity index is 2.23. The summed E-state index contributed by atoms with van der Waals surface area (Å²) >= 11 is 0. The van der Waals surface area contributed by atoms with Gasteiger partial charge in [-0.05, 0) is 6.07 Å². The van der Waals surface area contributed by atoms with Crippen LogP contribution in [0.3, 0.4) is 0 Å². The first-order chi connectivity index (χ1) is 6.93. The molecule has 3 aromatic heterocycles. The third-order valence-corrected chi connectivity index (χ3v) is 2.03. The molecule has 0 spiro atoms. The Bertz CT molecular complexity index is 551. The Kier molecular flexibility index (Phi) is 1.38.